The zero-order valence-electron chi connectivity index (χ0n) is 11.1. The van der Waals surface area contributed by atoms with Crippen LogP contribution in [0.3, 0.4) is 0 Å². The molecule has 2 atom stereocenters. The Labute approximate surface area is 104 Å². The lowest BCUT2D eigenvalue weighted by atomic mass is 9.95. The van der Waals surface area contributed by atoms with E-state index in [4.69, 9.17) is 4.74 Å². The molecule has 2 unspecified atom stereocenters. The predicted octanol–water partition coefficient (Wildman–Crippen LogP) is 2.55. The zero-order valence-corrected chi connectivity index (χ0v) is 11.1. The van der Waals surface area contributed by atoms with Gasteiger partial charge >= 0.3 is 0 Å². The minimum absolute atomic E-state index is 0.361. The first-order valence-corrected chi connectivity index (χ1v) is 6.50. The normalized spacial score (nSPS) is 19.0. The molecule has 0 aromatic heterocycles. The molecule has 0 saturated heterocycles. The van der Waals surface area contributed by atoms with Crippen molar-refractivity contribution in [1.29, 1.82) is 0 Å². The molecule has 1 N–H and O–H groups in total. The largest absolute Gasteiger partial charge is 0.380 e. The summed E-state index contributed by atoms with van der Waals surface area (Å²) in [5.74, 6) is 0.765. The van der Waals surface area contributed by atoms with Crippen LogP contribution < -0.4 is 5.32 Å². The molecule has 1 aliphatic rings. The Kier molecular flexibility index (Phi) is 4.19. The quantitative estimate of drug-likeness (QED) is 0.815. The van der Waals surface area contributed by atoms with Crippen LogP contribution in [0.15, 0.2) is 24.3 Å². The van der Waals surface area contributed by atoms with Gasteiger partial charge in [0.15, 0.2) is 0 Å². The van der Waals surface area contributed by atoms with Crippen molar-refractivity contribution in [2.45, 2.75) is 38.3 Å². The van der Waals surface area contributed by atoms with Gasteiger partial charge in [-0.05, 0) is 50.3 Å². The highest BCUT2D eigenvalue weighted by Crippen LogP contribution is 2.36. The van der Waals surface area contributed by atoms with Gasteiger partial charge in [-0.1, -0.05) is 24.3 Å². The van der Waals surface area contributed by atoms with Crippen LogP contribution in [-0.4, -0.2) is 26.3 Å². The number of rotatable bonds is 6. The van der Waals surface area contributed by atoms with Crippen LogP contribution in [0.1, 0.15) is 24.0 Å². The molecule has 0 amide bonds. The van der Waals surface area contributed by atoms with Crippen molar-refractivity contribution in [3.8, 4) is 0 Å². The van der Waals surface area contributed by atoms with Gasteiger partial charge in [0, 0.05) is 13.2 Å². The minimum atomic E-state index is 0.361. The average Bonchev–Trinajstić information content (AvgIpc) is 3.15. The van der Waals surface area contributed by atoms with E-state index in [9.17, 15) is 0 Å². The number of hydrogen-bond acceptors (Lipinski definition) is 2. The molecule has 1 aromatic carbocycles. The van der Waals surface area contributed by atoms with Crippen molar-refractivity contribution >= 4 is 0 Å². The summed E-state index contributed by atoms with van der Waals surface area (Å²) in [7, 11) is 3.88. The van der Waals surface area contributed by atoms with E-state index in [-0.39, 0.29) is 0 Å². The standard InChI is InChI=1S/C15H23NO/c1-11-6-4-5-7-13(11)10-14(16-2)15(17-3)12-8-9-12/h4-7,12,14-16H,8-10H2,1-3H3. The maximum atomic E-state index is 5.68. The SMILES string of the molecule is CNC(Cc1ccccc1C)C(OC)C1CC1. The number of benzene rings is 1. The average molecular weight is 233 g/mol. The van der Waals surface area contributed by atoms with E-state index in [0.29, 0.717) is 12.1 Å². The molecule has 0 aliphatic heterocycles. The third-order valence-electron chi connectivity index (χ3n) is 3.83. The zero-order chi connectivity index (χ0) is 12.3. The van der Waals surface area contributed by atoms with Crippen molar-refractivity contribution in [2.75, 3.05) is 14.2 Å². The second-order valence-corrected chi connectivity index (χ2v) is 5.06. The maximum Gasteiger partial charge on any atom is 0.0755 e. The lowest BCUT2D eigenvalue weighted by Crippen LogP contribution is -2.42. The Morgan fingerprint density at radius 1 is 1.35 bits per heavy atom. The van der Waals surface area contributed by atoms with Crippen LogP contribution in [0.2, 0.25) is 0 Å². The first kappa shape index (κ1) is 12.6. The lowest BCUT2D eigenvalue weighted by molar-refractivity contribution is 0.0534. The molecular formula is C15H23NO. The second kappa shape index (κ2) is 5.65. The number of likely N-dealkylation sites (N-methyl/N-ethyl adjacent to an activating group) is 1. The van der Waals surface area contributed by atoms with Crippen molar-refractivity contribution in [3.05, 3.63) is 35.4 Å². The van der Waals surface area contributed by atoms with Crippen molar-refractivity contribution in [2.24, 2.45) is 5.92 Å². The summed E-state index contributed by atoms with van der Waals surface area (Å²) in [4.78, 5) is 0. The van der Waals surface area contributed by atoms with E-state index < -0.39 is 0 Å². The fraction of sp³-hybridized carbons (Fsp3) is 0.600. The first-order valence-electron chi connectivity index (χ1n) is 6.50. The third kappa shape index (κ3) is 3.08. The fourth-order valence-electron chi connectivity index (χ4n) is 2.57. The smallest absolute Gasteiger partial charge is 0.0755 e. The molecule has 1 aromatic rings. The minimum Gasteiger partial charge on any atom is -0.380 e. The van der Waals surface area contributed by atoms with Gasteiger partial charge in [0.1, 0.15) is 0 Å². The highest BCUT2D eigenvalue weighted by molar-refractivity contribution is 5.26. The van der Waals surface area contributed by atoms with Crippen LogP contribution in [0.5, 0.6) is 0 Å². The van der Waals surface area contributed by atoms with Gasteiger partial charge in [-0.25, -0.2) is 0 Å². The van der Waals surface area contributed by atoms with Gasteiger partial charge in [-0.2, -0.15) is 0 Å². The number of aryl methyl sites for hydroxylation is 1. The van der Waals surface area contributed by atoms with E-state index in [1.807, 2.05) is 14.2 Å². The van der Waals surface area contributed by atoms with Crippen molar-refractivity contribution in [3.63, 3.8) is 0 Å². The molecular weight excluding hydrogens is 210 g/mol. The molecule has 0 heterocycles. The molecule has 2 rings (SSSR count). The Morgan fingerprint density at radius 2 is 2.06 bits per heavy atom. The summed E-state index contributed by atoms with van der Waals surface area (Å²) in [5.41, 5.74) is 2.80. The number of ether oxygens (including phenoxy) is 1. The van der Waals surface area contributed by atoms with Gasteiger partial charge in [0.2, 0.25) is 0 Å². The first-order chi connectivity index (χ1) is 8.26. The summed E-state index contributed by atoms with van der Waals surface area (Å²) >= 11 is 0. The van der Waals surface area contributed by atoms with Gasteiger partial charge < -0.3 is 10.1 Å². The fourth-order valence-corrected chi connectivity index (χ4v) is 2.57. The highest BCUT2D eigenvalue weighted by Gasteiger charge is 2.36. The van der Waals surface area contributed by atoms with Crippen LogP contribution >= 0.6 is 0 Å². The second-order valence-electron chi connectivity index (χ2n) is 5.06. The Balaban J connectivity index is 2.06. The third-order valence-corrected chi connectivity index (χ3v) is 3.83. The molecule has 0 bridgehead atoms. The van der Waals surface area contributed by atoms with Crippen LogP contribution in [-0.2, 0) is 11.2 Å². The Morgan fingerprint density at radius 3 is 2.59 bits per heavy atom. The molecule has 1 saturated carbocycles. The van der Waals surface area contributed by atoms with E-state index in [0.717, 1.165) is 12.3 Å². The topological polar surface area (TPSA) is 21.3 Å². The maximum absolute atomic E-state index is 5.68. The van der Waals surface area contributed by atoms with E-state index in [1.54, 1.807) is 0 Å². The number of hydrogen-bond donors (Lipinski definition) is 1. The number of methoxy groups -OCH3 is 1. The van der Waals surface area contributed by atoms with Crippen molar-refractivity contribution in [1.82, 2.24) is 5.32 Å². The van der Waals surface area contributed by atoms with E-state index >= 15 is 0 Å². The van der Waals surface area contributed by atoms with E-state index in [2.05, 4.69) is 36.5 Å². The van der Waals surface area contributed by atoms with Crippen molar-refractivity contribution < 1.29 is 4.74 Å². The molecule has 1 aliphatic carbocycles. The van der Waals surface area contributed by atoms with Gasteiger partial charge in [-0.3, -0.25) is 0 Å². The Hall–Kier alpha value is -0.860. The monoisotopic (exact) mass is 233 g/mol. The highest BCUT2D eigenvalue weighted by atomic mass is 16.5. The lowest BCUT2D eigenvalue weighted by Gasteiger charge is -2.26. The molecule has 94 valence electrons. The molecule has 2 heteroatoms. The molecule has 0 spiro atoms. The van der Waals surface area contributed by atoms with Gasteiger partial charge in [0.25, 0.3) is 0 Å². The summed E-state index contributed by atoms with van der Waals surface area (Å²) in [6.07, 6.45) is 4.06. The summed E-state index contributed by atoms with van der Waals surface area (Å²) in [6.45, 7) is 2.18. The predicted molar refractivity (Wildman–Crippen MR) is 71.3 cm³/mol. The van der Waals surface area contributed by atoms with E-state index in [1.165, 1.54) is 24.0 Å². The van der Waals surface area contributed by atoms with Crippen LogP contribution in [0.4, 0.5) is 0 Å². The van der Waals surface area contributed by atoms with Gasteiger partial charge in [0.05, 0.1) is 6.10 Å². The molecule has 2 nitrogen and oxygen atoms in total. The summed E-state index contributed by atoms with van der Waals surface area (Å²) in [6, 6.07) is 9.05. The van der Waals surface area contributed by atoms with Gasteiger partial charge in [-0.15, -0.1) is 0 Å². The molecule has 17 heavy (non-hydrogen) atoms. The summed E-state index contributed by atoms with van der Waals surface area (Å²) < 4.78 is 5.68. The van der Waals surface area contributed by atoms with Crippen LogP contribution in [0.25, 0.3) is 0 Å². The summed E-state index contributed by atoms with van der Waals surface area (Å²) in [5, 5.41) is 3.43. The number of nitrogens with one attached hydrogen (secondary N) is 1. The molecule has 0 radical (unpaired) electrons. The Bertz CT molecular complexity index is 360. The molecule has 1 fully saturated rings. The van der Waals surface area contributed by atoms with Crippen LogP contribution in [0, 0.1) is 12.8 Å².